The number of aryl methyl sites for hydroxylation is 2. The van der Waals surface area contributed by atoms with Crippen molar-refractivity contribution in [3.8, 4) is 0 Å². The maximum Gasteiger partial charge on any atom is 0.305 e. The van der Waals surface area contributed by atoms with Gasteiger partial charge in [0.1, 0.15) is 0 Å². The third kappa shape index (κ3) is 4.86. The van der Waals surface area contributed by atoms with E-state index in [0.717, 1.165) is 29.4 Å². The van der Waals surface area contributed by atoms with Gasteiger partial charge in [-0.05, 0) is 24.1 Å². The van der Waals surface area contributed by atoms with E-state index in [4.69, 9.17) is 0 Å². The first-order valence-corrected chi connectivity index (χ1v) is 7.96. The second kappa shape index (κ2) is 7.78. The van der Waals surface area contributed by atoms with E-state index in [1.807, 2.05) is 5.38 Å². The number of ether oxygens (including phenoxy) is 1. The maximum atomic E-state index is 11.1. The average Bonchev–Trinajstić information content (AvgIpc) is 2.94. The molecule has 0 fully saturated rings. The minimum atomic E-state index is -0.205. The van der Waals surface area contributed by atoms with Crippen molar-refractivity contribution in [1.82, 2.24) is 4.98 Å². The van der Waals surface area contributed by atoms with Crippen molar-refractivity contribution in [2.24, 2.45) is 0 Å². The van der Waals surface area contributed by atoms with Crippen molar-refractivity contribution < 1.29 is 9.53 Å². The number of carbonyl (C=O) groups excluding carboxylic acids is 1. The number of anilines is 2. The van der Waals surface area contributed by atoms with Gasteiger partial charge in [-0.15, -0.1) is 11.3 Å². The van der Waals surface area contributed by atoms with Crippen LogP contribution in [0.1, 0.15) is 31.0 Å². The molecule has 2 rings (SSSR count). The maximum absolute atomic E-state index is 11.1. The Morgan fingerprint density at radius 2 is 2.05 bits per heavy atom. The number of thiazole rings is 1. The molecule has 0 unspecified atom stereocenters. The monoisotopic (exact) mass is 304 g/mol. The quantitative estimate of drug-likeness (QED) is 0.787. The van der Waals surface area contributed by atoms with E-state index < -0.39 is 0 Å². The van der Waals surface area contributed by atoms with Crippen LogP contribution in [0.5, 0.6) is 0 Å². The number of aromatic nitrogens is 1. The van der Waals surface area contributed by atoms with Gasteiger partial charge >= 0.3 is 5.97 Å². The largest absolute Gasteiger partial charge is 0.469 e. The lowest BCUT2D eigenvalue weighted by atomic mass is 10.1. The smallest absolute Gasteiger partial charge is 0.305 e. The molecular formula is C16H20N2O2S. The van der Waals surface area contributed by atoms with E-state index in [0.29, 0.717) is 12.8 Å². The minimum absolute atomic E-state index is 0.205. The van der Waals surface area contributed by atoms with Crippen molar-refractivity contribution in [1.29, 1.82) is 0 Å². The number of benzene rings is 1. The van der Waals surface area contributed by atoms with Crippen LogP contribution in [0.3, 0.4) is 0 Å². The van der Waals surface area contributed by atoms with Gasteiger partial charge in [-0.1, -0.05) is 25.5 Å². The second-order valence-electron chi connectivity index (χ2n) is 4.79. The predicted octanol–water partition coefficient (Wildman–Crippen LogP) is 3.94. The zero-order valence-corrected chi connectivity index (χ0v) is 13.2. The lowest BCUT2D eigenvalue weighted by molar-refractivity contribution is -0.140. The third-order valence-corrected chi connectivity index (χ3v) is 3.92. The van der Waals surface area contributed by atoms with Gasteiger partial charge < -0.3 is 10.1 Å². The number of carbonyl (C=O) groups is 1. The van der Waals surface area contributed by atoms with Gasteiger partial charge in [0.15, 0.2) is 5.13 Å². The van der Waals surface area contributed by atoms with Gasteiger partial charge in [-0.2, -0.15) is 0 Å². The Morgan fingerprint density at radius 3 is 2.71 bits per heavy atom. The number of rotatable bonds is 7. The standard InChI is InChI=1S/C16H20N2O2S/c1-3-4-12-5-7-13(8-6-12)17-16-18-14(11-21-16)9-10-15(19)20-2/h5-8,11H,3-4,9-10H2,1-2H3,(H,17,18). The molecule has 0 radical (unpaired) electrons. The molecule has 112 valence electrons. The highest BCUT2D eigenvalue weighted by molar-refractivity contribution is 7.13. The highest BCUT2D eigenvalue weighted by atomic mass is 32.1. The first-order valence-electron chi connectivity index (χ1n) is 7.08. The van der Waals surface area contributed by atoms with Crippen LogP contribution >= 0.6 is 11.3 Å². The summed E-state index contributed by atoms with van der Waals surface area (Å²) in [5, 5.41) is 6.10. The lowest BCUT2D eigenvalue weighted by Gasteiger charge is -2.04. The molecule has 1 aromatic carbocycles. The van der Waals surface area contributed by atoms with Gasteiger partial charge in [-0.3, -0.25) is 4.79 Å². The van der Waals surface area contributed by atoms with E-state index in [2.05, 4.69) is 46.2 Å². The molecule has 0 amide bonds. The van der Waals surface area contributed by atoms with Crippen molar-refractivity contribution in [3.63, 3.8) is 0 Å². The van der Waals surface area contributed by atoms with Gasteiger partial charge in [0.25, 0.3) is 0 Å². The molecule has 1 heterocycles. The number of nitrogens with zero attached hydrogens (tertiary/aromatic N) is 1. The minimum Gasteiger partial charge on any atom is -0.469 e. The second-order valence-corrected chi connectivity index (χ2v) is 5.65. The highest BCUT2D eigenvalue weighted by Gasteiger charge is 2.06. The van der Waals surface area contributed by atoms with Crippen LogP contribution in [0, 0.1) is 0 Å². The summed E-state index contributed by atoms with van der Waals surface area (Å²) < 4.78 is 4.63. The number of nitrogens with one attached hydrogen (secondary N) is 1. The van der Waals surface area contributed by atoms with E-state index >= 15 is 0 Å². The molecule has 0 atom stereocenters. The van der Waals surface area contributed by atoms with E-state index in [-0.39, 0.29) is 5.97 Å². The first-order chi connectivity index (χ1) is 10.2. The van der Waals surface area contributed by atoms with Crippen LogP contribution in [0.2, 0.25) is 0 Å². The Balaban J connectivity index is 1.91. The van der Waals surface area contributed by atoms with Crippen LogP contribution in [-0.2, 0) is 22.4 Å². The molecule has 2 aromatic rings. The fourth-order valence-electron chi connectivity index (χ4n) is 1.98. The molecule has 0 aliphatic heterocycles. The Kier molecular flexibility index (Phi) is 5.75. The Labute approximate surface area is 129 Å². The summed E-state index contributed by atoms with van der Waals surface area (Å²) in [6, 6.07) is 8.41. The van der Waals surface area contributed by atoms with Crippen LogP contribution in [0.15, 0.2) is 29.6 Å². The molecular weight excluding hydrogens is 284 g/mol. The third-order valence-electron chi connectivity index (χ3n) is 3.11. The number of hydrogen-bond acceptors (Lipinski definition) is 5. The molecule has 1 N–H and O–H groups in total. The first kappa shape index (κ1) is 15.5. The zero-order valence-electron chi connectivity index (χ0n) is 12.4. The Bertz CT molecular complexity index is 578. The molecule has 5 heteroatoms. The number of hydrogen-bond donors (Lipinski definition) is 1. The molecule has 0 spiro atoms. The average molecular weight is 304 g/mol. The van der Waals surface area contributed by atoms with Crippen LogP contribution in [-0.4, -0.2) is 18.1 Å². The summed E-state index contributed by atoms with van der Waals surface area (Å²) in [7, 11) is 1.40. The van der Waals surface area contributed by atoms with Crippen LogP contribution in [0.4, 0.5) is 10.8 Å². The summed E-state index contributed by atoms with van der Waals surface area (Å²) in [4.78, 5) is 15.6. The summed E-state index contributed by atoms with van der Waals surface area (Å²) in [6.45, 7) is 2.18. The van der Waals surface area contributed by atoms with Gasteiger partial charge in [0.05, 0.1) is 19.2 Å². The van der Waals surface area contributed by atoms with Gasteiger partial charge in [0.2, 0.25) is 0 Å². The number of methoxy groups -OCH3 is 1. The molecule has 0 aliphatic rings. The Morgan fingerprint density at radius 1 is 1.29 bits per heavy atom. The summed E-state index contributed by atoms with van der Waals surface area (Å²) in [5.41, 5.74) is 3.29. The van der Waals surface area contributed by atoms with E-state index in [1.54, 1.807) is 11.3 Å². The van der Waals surface area contributed by atoms with Gasteiger partial charge in [0, 0.05) is 17.5 Å². The molecule has 0 saturated carbocycles. The van der Waals surface area contributed by atoms with E-state index in [9.17, 15) is 4.79 Å². The van der Waals surface area contributed by atoms with Crippen LogP contribution in [0.25, 0.3) is 0 Å². The normalized spacial score (nSPS) is 10.4. The Hall–Kier alpha value is -1.88. The number of esters is 1. The predicted molar refractivity (Wildman–Crippen MR) is 86.2 cm³/mol. The molecule has 1 aromatic heterocycles. The highest BCUT2D eigenvalue weighted by Crippen LogP contribution is 2.22. The van der Waals surface area contributed by atoms with Crippen molar-refractivity contribution in [2.45, 2.75) is 32.6 Å². The fourth-order valence-corrected chi connectivity index (χ4v) is 2.74. The lowest BCUT2D eigenvalue weighted by Crippen LogP contribution is -2.02. The van der Waals surface area contributed by atoms with Crippen LogP contribution < -0.4 is 5.32 Å². The molecule has 4 nitrogen and oxygen atoms in total. The summed E-state index contributed by atoms with van der Waals surface area (Å²) >= 11 is 1.54. The molecule has 0 bridgehead atoms. The topological polar surface area (TPSA) is 51.2 Å². The molecule has 0 aliphatic carbocycles. The zero-order chi connectivity index (χ0) is 15.1. The molecule has 21 heavy (non-hydrogen) atoms. The van der Waals surface area contributed by atoms with E-state index in [1.165, 1.54) is 12.7 Å². The van der Waals surface area contributed by atoms with Gasteiger partial charge in [-0.25, -0.2) is 4.98 Å². The molecule has 0 saturated heterocycles. The summed E-state index contributed by atoms with van der Waals surface area (Å²) in [6.07, 6.45) is 3.24. The fraction of sp³-hybridized carbons (Fsp3) is 0.375. The van der Waals surface area contributed by atoms with Crippen molar-refractivity contribution in [3.05, 3.63) is 40.9 Å². The summed E-state index contributed by atoms with van der Waals surface area (Å²) in [5.74, 6) is -0.205. The SMILES string of the molecule is CCCc1ccc(Nc2nc(CCC(=O)OC)cs2)cc1. The van der Waals surface area contributed by atoms with Crippen molar-refractivity contribution >= 4 is 28.1 Å². The van der Waals surface area contributed by atoms with Crippen molar-refractivity contribution in [2.75, 3.05) is 12.4 Å².